The molecule has 0 aliphatic rings. The molecule has 0 saturated carbocycles. The summed E-state index contributed by atoms with van der Waals surface area (Å²) >= 11 is 0. The van der Waals surface area contributed by atoms with Gasteiger partial charge in [0.15, 0.2) is 0 Å². The lowest BCUT2D eigenvalue weighted by Gasteiger charge is -2.34. The Morgan fingerprint density at radius 3 is 0.463 bits per heavy atom. The zero-order valence-corrected chi connectivity index (χ0v) is 43.3. The van der Waals surface area contributed by atoms with E-state index in [-0.39, 0.29) is 283 Å². The molecule has 12 aromatic rings. The third-order valence-electron chi connectivity index (χ3n) is 16.9. The first-order valence-corrected chi connectivity index (χ1v) is 24.4. The highest BCUT2D eigenvalue weighted by molar-refractivity contribution is 6.80. The molecule has 0 atom stereocenters. The van der Waals surface area contributed by atoms with Crippen LogP contribution in [-0.2, 0) is 0 Å². The van der Waals surface area contributed by atoms with Crippen LogP contribution in [0.15, 0.2) is 0 Å². The van der Waals surface area contributed by atoms with E-state index < -0.39 is 0 Å². The normalized spacial score (nSPS) is 12.1. The van der Waals surface area contributed by atoms with E-state index in [9.17, 15) is 0 Å². The molecule has 0 bridgehead atoms. The lowest BCUT2D eigenvalue weighted by Crippen LogP contribution is -2.51. The van der Waals surface area contributed by atoms with Crippen molar-refractivity contribution in [2.45, 2.75) is 0 Å². The summed E-state index contributed by atoms with van der Waals surface area (Å²) in [4.78, 5) is 0. The van der Waals surface area contributed by atoms with E-state index >= 15 is 0 Å². The Labute approximate surface area is 515 Å². The predicted molar refractivity (Wildman–Crippen MR) is 387 cm³/mol. The second kappa shape index (κ2) is 18.8. The Bertz CT molecular complexity index is 5090. The third-order valence-corrected chi connectivity index (χ3v) is 16.9. The maximum absolute atomic E-state index is 7.68. The van der Waals surface area contributed by atoms with Gasteiger partial charge in [-0.2, -0.15) is 0 Å². The van der Waals surface area contributed by atoms with Crippen LogP contribution in [0.1, 0.15) is 0 Å². The smallest absolute Gasteiger partial charge is 0.110 e. The molecule has 0 N–H and O–H groups in total. The molecule has 12 aromatic carbocycles. The molecule has 0 saturated heterocycles. The Balaban J connectivity index is 1.35. The molecular formula is C52B30. The molecule has 0 amide bonds. The van der Waals surface area contributed by atoms with Crippen LogP contribution >= 0.6 is 0 Å². The lowest BCUT2D eigenvalue weighted by atomic mass is 9.55. The molecule has 0 heterocycles. The molecule has 0 spiro atoms. The Morgan fingerprint density at radius 1 is 0.0732 bits per heavy atom. The van der Waals surface area contributed by atoms with Gasteiger partial charge in [-0.05, 0) is 120 Å². The Kier molecular flexibility index (Phi) is 13.2. The van der Waals surface area contributed by atoms with Crippen LogP contribution in [0, 0.1) is 0 Å². The molecule has 0 aromatic heterocycles. The van der Waals surface area contributed by atoms with Gasteiger partial charge in [-0.15, -0.1) is 32.8 Å². The van der Waals surface area contributed by atoms with Gasteiger partial charge in [0.1, 0.15) is 235 Å². The molecule has 0 aliphatic heterocycles. The van der Waals surface area contributed by atoms with Crippen LogP contribution < -0.4 is 164 Å². The summed E-state index contributed by atoms with van der Waals surface area (Å²) < 4.78 is 0. The van der Waals surface area contributed by atoms with Crippen molar-refractivity contribution in [3.63, 3.8) is 0 Å². The van der Waals surface area contributed by atoms with Crippen molar-refractivity contribution in [3.05, 3.63) is 0 Å². The number of rotatable bonds is 3. The zero-order valence-electron chi connectivity index (χ0n) is 43.3. The summed E-state index contributed by atoms with van der Waals surface area (Å²) in [5.74, 6) is 0. The van der Waals surface area contributed by atoms with E-state index in [1.165, 1.54) is 0 Å². The van der Waals surface area contributed by atoms with Gasteiger partial charge in [0.05, 0.1) is 0 Å². The maximum Gasteiger partial charge on any atom is 0.115 e. The summed E-state index contributed by atoms with van der Waals surface area (Å²) in [5.41, 5.74) is -4.32. The average Bonchev–Trinajstić information content (AvgIpc) is 0.796. The molecule has 0 unspecified atom stereocenters. The molecule has 0 fully saturated rings. The molecule has 0 aliphatic carbocycles. The second-order valence-corrected chi connectivity index (χ2v) is 20.7. The van der Waals surface area contributed by atoms with Gasteiger partial charge in [0.2, 0.25) is 0 Å². The highest BCUT2D eigenvalue weighted by Crippen LogP contribution is 2.39. The van der Waals surface area contributed by atoms with Crippen LogP contribution in [0.25, 0.3) is 120 Å². The number of hydrogen-bond donors (Lipinski definition) is 0. The number of fused-ring (bicyclic) bond motifs is 2. The fraction of sp³-hybridized carbons (Fsp3) is 0. The second-order valence-electron chi connectivity index (χ2n) is 20.7. The SMILES string of the molecule is [B]c1c([B])c([B])c2c(-c3c([B])c([B])c4c([B])c([B])c5c([B])c([B])c([B])c6c([B])c([B])c3c4c56)c([B])c(-c3c([B])c([B])c(-c4c([B])c([B])c5c([B])c([B])c6c([B])c([B])c([B])c7c([B])c([B])c4c5c67)c4c([B])c([B])c([B])c([B])c34)c([B])c2c1[B]. The van der Waals surface area contributed by atoms with E-state index in [0.717, 1.165) is 0 Å². The fourth-order valence-electron chi connectivity index (χ4n) is 12.8. The van der Waals surface area contributed by atoms with Gasteiger partial charge in [-0.3, -0.25) is 0 Å². The Morgan fingerprint density at radius 2 is 0.195 bits per heavy atom. The minimum atomic E-state index is -0.296. The van der Waals surface area contributed by atoms with Crippen LogP contribution in [0.3, 0.4) is 0 Å². The molecule has 0 nitrogen and oxygen atoms in total. The zero-order chi connectivity index (χ0) is 60.0. The summed E-state index contributed by atoms with van der Waals surface area (Å²) in [6.45, 7) is 0. The number of benzene rings is 12. The standard InChI is InChI=1S/C52B30/c53-23-7(8-5-1-3-17(36(66)25(5)55)42(72)47(77)44(74)19(3)40(70)38(68)15(1)34(64)28(8)58)13-22(46(76)52(82)51(81)33(13)63)24(54)21(23)14-12-11(31(61)49(79)50(80)32(12)62)10(27(57)30(14)60)9-6-2-4-18(37(67)26(6)56)43(73)48(78)45(75)20(4)41(71)39(69)16(2)35(65)29(9)59. The van der Waals surface area contributed by atoms with Gasteiger partial charge in [0.25, 0.3) is 0 Å². The minimum absolute atomic E-state index is 0.000121. The summed E-state index contributed by atoms with van der Waals surface area (Å²) in [7, 11) is 209. The summed E-state index contributed by atoms with van der Waals surface area (Å²) in [6.07, 6.45) is 0. The first kappa shape index (κ1) is 57.6. The van der Waals surface area contributed by atoms with Crippen molar-refractivity contribution in [1.82, 2.24) is 0 Å². The average molecular weight is 949 g/mol. The van der Waals surface area contributed by atoms with Crippen molar-refractivity contribution in [3.8, 4) is 33.4 Å². The lowest BCUT2D eigenvalue weighted by molar-refractivity contribution is 1.83. The van der Waals surface area contributed by atoms with Crippen molar-refractivity contribution in [2.24, 2.45) is 0 Å². The van der Waals surface area contributed by atoms with Crippen molar-refractivity contribution in [1.29, 1.82) is 0 Å². The number of hydrogen-bond acceptors (Lipinski definition) is 0. The monoisotopic (exact) mass is 954 g/mol. The van der Waals surface area contributed by atoms with E-state index in [1.54, 1.807) is 0 Å². The van der Waals surface area contributed by atoms with Gasteiger partial charge >= 0.3 is 0 Å². The summed E-state index contributed by atoms with van der Waals surface area (Å²) in [6, 6.07) is 0. The van der Waals surface area contributed by atoms with Crippen LogP contribution in [0.4, 0.5) is 0 Å². The largest absolute Gasteiger partial charge is 0.115 e. The topological polar surface area (TPSA) is 0 Å². The quantitative estimate of drug-likeness (QED) is 0.122. The van der Waals surface area contributed by atoms with Gasteiger partial charge in [-0.1, -0.05) is 131 Å². The van der Waals surface area contributed by atoms with Crippen molar-refractivity contribution < 1.29 is 0 Å². The highest BCUT2D eigenvalue weighted by atomic mass is 14.3. The van der Waals surface area contributed by atoms with Crippen molar-refractivity contribution >= 4 is 485 Å². The van der Waals surface area contributed by atoms with Gasteiger partial charge < -0.3 is 0 Å². The first-order valence-electron chi connectivity index (χ1n) is 24.4. The third kappa shape index (κ3) is 6.77. The molecule has 60 radical (unpaired) electrons. The highest BCUT2D eigenvalue weighted by Gasteiger charge is 2.33. The van der Waals surface area contributed by atoms with E-state index in [1.807, 2.05) is 0 Å². The van der Waals surface area contributed by atoms with Crippen molar-refractivity contribution in [2.75, 3.05) is 0 Å². The summed E-state index contributed by atoms with van der Waals surface area (Å²) in [5, 5.41) is 2.08. The maximum atomic E-state index is 7.68. The molecule has 298 valence electrons. The fourth-order valence-corrected chi connectivity index (χ4v) is 12.8. The van der Waals surface area contributed by atoms with Crippen LogP contribution in [0.5, 0.6) is 0 Å². The molecular weight excluding hydrogens is 949 g/mol. The molecule has 30 heteroatoms. The Hall–Kier alpha value is -4.81. The predicted octanol–water partition coefficient (Wildman–Crippen LogP) is -21.4. The molecule has 82 heavy (non-hydrogen) atoms. The van der Waals surface area contributed by atoms with Gasteiger partial charge in [0, 0.05) is 0 Å². The first-order chi connectivity index (χ1) is 38.3. The van der Waals surface area contributed by atoms with Crippen LogP contribution in [-0.4, -0.2) is 235 Å². The molecule has 12 rings (SSSR count). The van der Waals surface area contributed by atoms with E-state index in [2.05, 4.69) is 0 Å². The van der Waals surface area contributed by atoms with Crippen LogP contribution in [0.2, 0.25) is 0 Å². The van der Waals surface area contributed by atoms with E-state index in [0.29, 0.717) is 0 Å². The van der Waals surface area contributed by atoms with E-state index in [4.69, 9.17) is 235 Å². The van der Waals surface area contributed by atoms with Gasteiger partial charge in [-0.25, -0.2) is 0 Å². The minimum Gasteiger partial charge on any atom is -0.110 e.